The summed E-state index contributed by atoms with van der Waals surface area (Å²) in [5.74, 6) is 0.641. The first-order chi connectivity index (χ1) is 7.34. The van der Waals surface area contributed by atoms with E-state index in [1.54, 1.807) is 0 Å². The van der Waals surface area contributed by atoms with Crippen molar-refractivity contribution in [3.63, 3.8) is 0 Å². The average molecular weight is 208 g/mol. The van der Waals surface area contributed by atoms with Gasteiger partial charge in [-0.1, -0.05) is 12.2 Å². The second kappa shape index (κ2) is 5.19. The molecule has 2 amide bonds. The van der Waals surface area contributed by atoms with Crippen molar-refractivity contribution in [2.24, 2.45) is 5.92 Å². The van der Waals surface area contributed by atoms with Gasteiger partial charge in [-0.2, -0.15) is 0 Å². The molecule has 1 atom stereocenters. The minimum Gasteiger partial charge on any atom is -0.338 e. The Labute approximate surface area is 91.3 Å². The fourth-order valence-corrected chi connectivity index (χ4v) is 2.07. The van der Waals surface area contributed by atoms with Crippen LogP contribution in [0.15, 0.2) is 12.2 Å². The van der Waals surface area contributed by atoms with E-state index in [-0.39, 0.29) is 6.03 Å². The molecule has 2 aliphatic rings. The maximum absolute atomic E-state index is 11.4. The van der Waals surface area contributed by atoms with Crippen LogP contribution in [0.5, 0.6) is 0 Å². The fourth-order valence-electron chi connectivity index (χ4n) is 2.07. The van der Waals surface area contributed by atoms with E-state index in [0.717, 1.165) is 32.2 Å². The number of hydrogen-bond acceptors (Lipinski definition) is 1. The van der Waals surface area contributed by atoms with Crippen LogP contribution in [0.4, 0.5) is 4.79 Å². The largest absolute Gasteiger partial charge is 0.338 e. The molecule has 3 heteroatoms. The summed E-state index contributed by atoms with van der Waals surface area (Å²) in [7, 11) is 0. The average Bonchev–Trinajstić information content (AvgIpc) is 2.22. The Bertz CT molecular complexity index is 246. The second-order valence-electron chi connectivity index (χ2n) is 4.63. The summed E-state index contributed by atoms with van der Waals surface area (Å²) >= 11 is 0. The van der Waals surface area contributed by atoms with Crippen LogP contribution >= 0.6 is 0 Å². The molecule has 0 aromatic carbocycles. The van der Waals surface area contributed by atoms with Crippen LogP contribution < -0.4 is 10.6 Å². The Morgan fingerprint density at radius 2 is 2.13 bits per heavy atom. The molecule has 84 valence electrons. The lowest BCUT2D eigenvalue weighted by atomic mass is 9.93. The van der Waals surface area contributed by atoms with Crippen LogP contribution in [0.25, 0.3) is 0 Å². The van der Waals surface area contributed by atoms with Gasteiger partial charge in [0.25, 0.3) is 0 Å². The summed E-state index contributed by atoms with van der Waals surface area (Å²) in [4.78, 5) is 11.4. The zero-order chi connectivity index (χ0) is 10.5. The lowest BCUT2D eigenvalue weighted by molar-refractivity contribution is 0.226. The van der Waals surface area contributed by atoms with E-state index in [1.807, 2.05) is 0 Å². The van der Waals surface area contributed by atoms with Gasteiger partial charge in [0.1, 0.15) is 0 Å². The van der Waals surface area contributed by atoms with E-state index < -0.39 is 0 Å². The summed E-state index contributed by atoms with van der Waals surface area (Å²) in [6.07, 6.45) is 11.5. The lowest BCUT2D eigenvalue weighted by Crippen LogP contribution is -2.46. The molecule has 1 fully saturated rings. The molecule has 1 saturated carbocycles. The van der Waals surface area contributed by atoms with Crippen molar-refractivity contribution >= 4 is 6.03 Å². The van der Waals surface area contributed by atoms with Crippen molar-refractivity contribution < 1.29 is 4.79 Å². The number of carbonyl (C=O) groups is 1. The van der Waals surface area contributed by atoms with Crippen LogP contribution in [0, 0.1) is 5.92 Å². The molecule has 0 bridgehead atoms. The van der Waals surface area contributed by atoms with Gasteiger partial charge in [-0.3, -0.25) is 0 Å². The van der Waals surface area contributed by atoms with Crippen LogP contribution in [-0.4, -0.2) is 18.6 Å². The number of carbonyl (C=O) groups excluding carboxylic acids is 1. The molecule has 0 aromatic rings. The van der Waals surface area contributed by atoms with E-state index in [9.17, 15) is 4.79 Å². The SMILES string of the molecule is O=C(NCC1CC=CCC1)NC1CCC1. The maximum Gasteiger partial charge on any atom is 0.315 e. The van der Waals surface area contributed by atoms with Crippen LogP contribution in [0.2, 0.25) is 0 Å². The molecule has 3 nitrogen and oxygen atoms in total. The highest BCUT2D eigenvalue weighted by atomic mass is 16.2. The first kappa shape index (κ1) is 10.5. The highest BCUT2D eigenvalue weighted by Crippen LogP contribution is 2.18. The minimum absolute atomic E-state index is 0.0225. The highest BCUT2D eigenvalue weighted by molar-refractivity contribution is 5.74. The van der Waals surface area contributed by atoms with Gasteiger partial charge in [0.15, 0.2) is 0 Å². The topological polar surface area (TPSA) is 41.1 Å². The monoisotopic (exact) mass is 208 g/mol. The normalized spacial score (nSPS) is 25.7. The Morgan fingerprint density at radius 3 is 2.73 bits per heavy atom. The summed E-state index contributed by atoms with van der Waals surface area (Å²) in [5.41, 5.74) is 0. The molecule has 15 heavy (non-hydrogen) atoms. The van der Waals surface area contributed by atoms with Crippen molar-refractivity contribution in [3.05, 3.63) is 12.2 Å². The molecule has 2 N–H and O–H groups in total. The van der Waals surface area contributed by atoms with E-state index in [0.29, 0.717) is 12.0 Å². The molecule has 1 unspecified atom stereocenters. The predicted molar refractivity (Wildman–Crippen MR) is 60.7 cm³/mol. The molecule has 0 saturated heterocycles. The van der Waals surface area contributed by atoms with E-state index in [4.69, 9.17) is 0 Å². The minimum atomic E-state index is 0.0225. The third kappa shape index (κ3) is 3.26. The van der Waals surface area contributed by atoms with Crippen molar-refractivity contribution in [1.82, 2.24) is 10.6 Å². The zero-order valence-electron chi connectivity index (χ0n) is 9.17. The quantitative estimate of drug-likeness (QED) is 0.686. The molecule has 2 aliphatic carbocycles. The number of allylic oxidation sites excluding steroid dienone is 2. The molecule has 0 heterocycles. The molecule has 0 aromatic heterocycles. The Morgan fingerprint density at radius 1 is 1.27 bits per heavy atom. The zero-order valence-corrected chi connectivity index (χ0v) is 9.17. The smallest absolute Gasteiger partial charge is 0.315 e. The van der Waals surface area contributed by atoms with Crippen LogP contribution in [0.1, 0.15) is 38.5 Å². The number of amides is 2. The molecule has 2 rings (SSSR count). The predicted octanol–water partition coefficient (Wildman–Crippen LogP) is 2.19. The molecule has 0 spiro atoms. The Hall–Kier alpha value is -0.990. The maximum atomic E-state index is 11.4. The summed E-state index contributed by atoms with van der Waals surface area (Å²) in [6, 6.07) is 0.463. The summed E-state index contributed by atoms with van der Waals surface area (Å²) < 4.78 is 0. The third-order valence-corrected chi connectivity index (χ3v) is 3.37. The second-order valence-corrected chi connectivity index (χ2v) is 4.63. The van der Waals surface area contributed by atoms with Crippen molar-refractivity contribution in [1.29, 1.82) is 0 Å². The van der Waals surface area contributed by atoms with Crippen LogP contribution in [0.3, 0.4) is 0 Å². The van der Waals surface area contributed by atoms with E-state index in [1.165, 1.54) is 12.8 Å². The highest BCUT2D eigenvalue weighted by Gasteiger charge is 2.19. The number of hydrogen-bond donors (Lipinski definition) is 2. The number of nitrogens with one attached hydrogen (secondary N) is 2. The number of urea groups is 1. The van der Waals surface area contributed by atoms with E-state index in [2.05, 4.69) is 22.8 Å². The standard InChI is InChI=1S/C12H20N2O/c15-12(14-11-7-4-8-11)13-9-10-5-2-1-3-6-10/h1-2,10-11H,3-9H2,(H2,13,14,15). The molecular weight excluding hydrogens is 188 g/mol. The van der Waals surface area contributed by atoms with Gasteiger partial charge < -0.3 is 10.6 Å². The first-order valence-corrected chi connectivity index (χ1v) is 6.04. The Balaban J connectivity index is 1.59. The summed E-state index contributed by atoms with van der Waals surface area (Å²) in [5, 5.41) is 5.96. The van der Waals surface area contributed by atoms with Gasteiger partial charge in [0, 0.05) is 12.6 Å². The lowest BCUT2D eigenvalue weighted by Gasteiger charge is -2.27. The molecule has 0 radical (unpaired) electrons. The Kier molecular flexibility index (Phi) is 3.64. The fraction of sp³-hybridized carbons (Fsp3) is 0.750. The molecular formula is C12H20N2O. The first-order valence-electron chi connectivity index (χ1n) is 6.04. The van der Waals surface area contributed by atoms with Gasteiger partial charge >= 0.3 is 6.03 Å². The van der Waals surface area contributed by atoms with Gasteiger partial charge in [-0.15, -0.1) is 0 Å². The van der Waals surface area contributed by atoms with Crippen molar-refractivity contribution in [3.8, 4) is 0 Å². The van der Waals surface area contributed by atoms with Gasteiger partial charge in [-0.25, -0.2) is 4.79 Å². The van der Waals surface area contributed by atoms with Crippen molar-refractivity contribution in [2.45, 2.75) is 44.6 Å². The van der Waals surface area contributed by atoms with Gasteiger partial charge in [0.2, 0.25) is 0 Å². The van der Waals surface area contributed by atoms with Crippen molar-refractivity contribution in [2.75, 3.05) is 6.54 Å². The molecule has 0 aliphatic heterocycles. The van der Waals surface area contributed by atoms with Crippen LogP contribution in [-0.2, 0) is 0 Å². The van der Waals surface area contributed by atoms with E-state index >= 15 is 0 Å². The number of rotatable bonds is 3. The van der Waals surface area contributed by atoms with Gasteiger partial charge in [-0.05, 0) is 44.4 Å². The third-order valence-electron chi connectivity index (χ3n) is 3.37. The van der Waals surface area contributed by atoms with Gasteiger partial charge in [0.05, 0.1) is 0 Å². The summed E-state index contributed by atoms with van der Waals surface area (Å²) in [6.45, 7) is 0.822.